The third-order valence-electron chi connectivity index (χ3n) is 3.90. The third kappa shape index (κ3) is 3.06. The summed E-state index contributed by atoms with van der Waals surface area (Å²) in [7, 11) is 0.222. The minimum Gasteiger partial charge on any atom is -0.282 e. The summed E-state index contributed by atoms with van der Waals surface area (Å²) in [5, 5.41) is 4.22. The summed E-state index contributed by atoms with van der Waals surface area (Å²) in [5.41, 5.74) is -0.342. The summed E-state index contributed by atoms with van der Waals surface area (Å²) in [6.07, 6.45) is 1.36. The predicted molar refractivity (Wildman–Crippen MR) is 96.4 cm³/mol. The smallest absolute Gasteiger partial charge is 0.282 e. The van der Waals surface area contributed by atoms with Gasteiger partial charge in [-0.1, -0.05) is 30.3 Å². The molecule has 0 radical (unpaired) electrons. The molecule has 0 saturated carbocycles. The van der Waals surface area contributed by atoms with Crippen molar-refractivity contribution in [2.24, 2.45) is 21.1 Å². The Labute approximate surface area is 149 Å². The summed E-state index contributed by atoms with van der Waals surface area (Å²) < 4.78 is 31.4. The van der Waals surface area contributed by atoms with E-state index in [1.165, 1.54) is 25.0 Å². The molecule has 0 aliphatic rings. The van der Waals surface area contributed by atoms with Crippen LogP contribution in [0, 0.1) is 0 Å². The van der Waals surface area contributed by atoms with Gasteiger partial charge in [-0.2, -0.15) is 5.10 Å². The highest BCUT2D eigenvalue weighted by Gasteiger charge is 2.24. The van der Waals surface area contributed by atoms with Crippen LogP contribution in [0.5, 0.6) is 0 Å². The fraction of sp³-hybridized carbons (Fsp3) is 0.188. The number of sulfonamides is 1. The summed E-state index contributed by atoms with van der Waals surface area (Å²) in [5.74, 6) is -0.124. The summed E-state index contributed by atoms with van der Waals surface area (Å²) >= 11 is 0. The van der Waals surface area contributed by atoms with Gasteiger partial charge in [-0.15, -0.1) is 0 Å². The van der Waals surface area contributed by atoms with Gasteiger partial charge in [0.2, 0.25) is 0 Å². The van der Waals surface area contributed by atoms with Crippen molar-refractivity contribution in [2.45, 2.75) is 4.90 Å². The number of hydrogen-bond acceptors (Lipinski definition) is 5. The Morgan fingerprint density at radius 1 is 1.00 bits per heavy atom. The second-order valence-electron chi connectivity index (χ2n) is 5.76. The maximum atomic E-state index is 12.9. The Hall–Kier alpha value is -3.14. The van der Waals surface area contributed by atoms with Crippen molar-refractivity contribution in [2.75, 3.05) is 4.72 Å². The van der Waals surface area contributed by atoms with Gasteiger partial charge in [0, 0.05) is 39.0 Å². The predicted octanol–water partition coefficient (Wildman–Crippen LogP) is 0.285. The first-order valence-electron chi connectivity index (χ1n) is 7.59. The van der Waals surface area contributed by atoms with E-state index in [-0.39, 0.29) is 16.4 Å². The van der Waals surface area contributed by atoms with Gasteiger partial charge in [0.15, 0.2) is 0 Å². The molecule has 2 heterocycles. The van der Waals surface area contributed by atoms with Crippen LogP contribution in [0.3, 0.4) is 0 Å². The monoisotopic (exact) mass is 375 g/mol. The highest BCUT2D eigenvalue weighted by Crippen LogP contribution is 2.26. The van der Waals surface area contributed by atoms with Crippen molar-refractivity contribution in [3.8, 4) is 11.3 Å². The van der Waals surface area contributed by atoms with Crippen LogP contribution in [0.1, 0.15) is 0 Å². The van der Waals surface area contributed by atoms with Crippen molar-refractivity contribution in [1.82, 2.24) is 18.9 Å². The number of anilines is 1. The van der Waals surface area contributed by atoms with Gasteiger partial charge in [-0.3, -0.25) is 23.3 Å². The first-order valence-corrected chi connectivity index (χ1v) is 9.08. The molecule has 3 aromatic rings. The molecule has 1 N–H and O–H groups in total. The molecule has 26 heavy (non-hydrogen) atoms. The third-order valence-corrected chi connectivity index (χ3v) is 5.25. The van der Waals surface area contributed by atoms with Gasteiger partial charge in [0.05, 0.1) is 0 Å². The Morgan fingerprint density at radius 2 is 1.65 bits per heavy atom. The van der Waals surface area contributed by atoms with E-state index in [4.69, 9.17) is 0 Å². The Bertz CT molecular complexity index is 1190. The molecule has 0 aliphatic heterocycles. The molecule has 0 aliphatic carbocycles. The van der Waals surface area contributed by atoms with Crippen molar-refractivity contribution in [1.29, 1.82) is 0 Å². The maximum Gasteiger partial charge on any atom is 0.332 e. The molecule has 0 amide bonds. The van der Waals surface area contributed by atoms with Crippen LogP contribution in [0.4, 0.5) is 5.82 Å². The van der Waals surface area contributed by atoms with Gasteiger partial charge in [0.25, 0.3) is 15.6 Å². The minimum atomic E-state index is -4.08. The SMILES string of the molecule is Cn1cc(S(=O)(=O)Nc2cc(=O)n(C)c(=O)n2C)c(-c2ccccc2)n1. The van der Waals surface area contributed by atoms with Crippen molar-refractivity contribution in [3.63, 3.8) is 0 Å². The number of nitrogens with one attached hydrogen (secondary N) is 1. The van der Waals surface area contributed by atoms with Crippen LogP contribution < -0.4 is 16.0 Å². The molecular formula is C16H17N5O4S. The maximum absolute atomic E-state index is 12.9. The van der Waals surface area contributed by atoms with Gasteiger partial charge in [0.1, 0.15) is 16.4 Å². The van der Waals surface area contributed by atoms with Gasteiger partial charge in [-0.05, 0) is 0 Å². The molecular weight excluding hydrogens is 358 g/mol. The summed E-state index contributed by atoms with van der Waals surface area (Å²) in [6, 6.07) is 9.91. The zero-order valence-corrected chi connectivity index (χ0v) is 15.2. The van der Waals surface area contributed by atoms with Gasteiger partial charge in [-0.25, -0.2) is 13.2 Å². The van der Waals surface area contributed by atoms with Crippen molar-refractivity contribution < 1.29 is 8.42 Å². The number of benzene rings is 1. The first-order chi connectivity index (χ1) is 12.2. The molecule has 0 unspecified atom stereocenters. The number of aryl methyl sites for hydroxylation is 1. The molecule has 0 saturated heterocycles. The molecule has 1 aromatic carbocycles. The fourth-order valence-corrected chi connectivity index (χ4v) is 3.77. The summed E-state index contributed by atoms with van der Waals surface area (Å²) in [6.45, 7) is 0. The largest absolute Gasteiger partial charge is 0.332 e. The van der Waals surface area contributed by atoms with E-state index >= 15 is 0 Å². The Balaban J connectivity index is 2.12. The second kappa shape index (κ2) is 6.30. The average Bonchev–Trinajstić information content (AvgIpc) is 3.01. The molecule has 0 atom stereocenters. The number of aromatic nitrogens is 4. The van der Waals surface area contributed by atoms with Crippen LogP contribution >= 0.6 is 0 Å². The zero-order chi connectivity index (χ0) is 19.1. The van der Waals surface area contributed by atoms with E-state index < -0.39 is 21.3 Å². The topological polar surface area (TPSA) is 108 Å². The average molecular weight is 375 g/mol. The van der Waals surface area contributed by atoms with Crippen LogP contribution in [0.25, 0.3) is 11.3 Å². The van der Waals surface area contributed by atoms with E-state index in [0.29, 0.717) is 5.56 Å². The second-order valence-corrected chi connectivity index (χ2v) is 7.41. The van der Waals surface area contributed by atoms with E-state index in [1.807, 2.05) is 6.07 Å². The molecule has 0 fully saturated rings. The van der Waals surface area contributed by atoms with Crippen LogP contribution in [0.15, 0.2) is 57.1 Å². The standard InChI is InChI=1S/C16H17N5O4S/c1-19-10-12(15(17-19)11-7-5-4-6-8-11)26(24,25)18-13-9-14(22)21(3)16(23)20(13)2/h4-10,18H,1-3H3. The van der Waals surface area contributed by atoms with Crippen LogP contribution in [-0.4, -0.2) is 27.3 Å². The highest BCUT2D eigenvalue weighted by molar-refractivity contribution is 7.92. The lowest BCUT2D eigenvalue weighted by atomic mass is 10.2. The first kappa shape index (κ1) is 17.7. The molecule has 2 aromatic heterocycles. The molecule has 0 spiro atoms. The molecule has 10 heteroatoms. The van der Waals surface area contributed by atoms with Gasteiger partial charge >= 0.3 is 5.69 Å². The van der Waals surface area contributed by atoms with Crippen LogP contribution in [0.2, 0.25) is 0 Å². The molecule has 9 nitrogen and oxygen atoms in total. The van der Waals surface area contributed by atoms with Crippen LogP contribution in [-0.2, 0) is 31.2 Å². The van der Waals surface area contributed by atoms with Crippen molar-refractivity contribution in [3.05, 3.63) is 63.4 Å². The Morgan fingerprint density at radius 3 is 2.31 bits per heavy atom. The van der Waals surface area contributed by atoms with Gasteiger partial charge < -0.3 is 0 Å². The molecule has 136 valence electrons. The normalized spacial score (nSPS) is 11.5. The molecule has 0 bridgehead atoms. The van der Waals surface area contributed by atoms with E-state index in [1.54, 1.807) is 31.3 Å². The number of nitrogens with zero attached hydrogens (tertiary/aromatic N) is 4. The number of rotatable bonds is 4. The zero-order valence-electron chi connectivity index (χ0n) is 14.4. The quantitative estimate of drug-likeness (QED) is 0.705. The highest BCUT2D eigenvalue weighted by atomic mass is 32.2. The fourth-order valence-electron chi connectivity index (χ4n) is 2.48. The van der Waals surface area contributed by atoms with Crippen molar-refractivity contribution >= 4 is 15.8 Å². The summed E-state index contributed by atoms with van der Waals surface area (Å²) in [4.78, 5) is 23.8. The van der Waals surface area contributed by atoms with E-state index in [9.17, 15) is 18.0 Å². The number of hydrogen-bond donors (Lipinski definition) is 1. The lowest BCUT2D eigenvalue weighted by Gasteiger charge is -2.12. The lowest BCUT2D eigenvalue weighted by Crippen LogP contribution is -2.38. The van der Waals surface area contributed by atoms with E-state index in [2.05, 4.69) is 9.82 Å². The minimum absolute atomic E-state index is 0.0562. The molecule has 3 rings (SSSR count). The van der Waals surface area contributed by atoms with E-state index in [0.717, 1.165) is 15.2 Å². The lowest BCUT2D eigenvalue weighted by molar-refractivity contribution is 0.599. The Kier molecular flexibility index (Phi) is 4.28.